The summed E-state index contributed by atoms with van der Waals surface area (Å²) in [6, 6.07) is 48.8. The van der Waals surface area contributed by atoms with Crippen molar-refractivity contribution in [2.45, 2.75) is 34.6 Å². The molecule has 5 aromatic carbocycles. The van der Waals surface area contributed by atoms with Crippen LogP contribution in [0.1, 0.15) is 27.9 Å². The first kappa shape index (κ1) is 35.7. The summed E-state index contributed by atoms with van der Waals surface area (Å²) in [4.78, 5) is 13.7. The summed E-state index contributed by atoms with van der Waals surface area (Å²) in [5.74, 6) is 0. The number of fused-ring (bicyclic) bond motifs is 4. The van der Waals surface area contributed by atoms with E-state index in [1.807, 2.05) is 62.6 Å². The molecule has 4 aromatic heterocycles. The molecule has 5 heteroatoms. The summed E-state index contributed by atoms with van der Waals surface area (Å²) < 4.78 is 6.24. The number of pyridine rings is 3. The molecule has 0 spiro atoms. The van der Waals surface area contributed by atoms with Crippen LogP contribution in [0.4, 0.5) is 0 Å². The number of hydrogen-bond acceptors (Lipinski definition) is 4. The minimum Gasteiger partial charge on any atom is -0.486 e. The van der Waals surface area contributed by atoms with Gasteiger partial charge < -0.3 is 14.4 Å². The van der Waals surface area contributed by atoms with E-state index in [4.69, 9.17) is 9.40 Å². The fourth-order valence-electron chi connectivity index (χ4n) is 6.66. The zero-order valence-electron chi connectivity index (χ0n) is 30.3. The average molecular weight is 864 g/mol. The van der Waals surface area contributed by atoms with Gasteiger partial charge in [-0.1, -0.05) is 84.6 Å². The second-order valence-corrected chi connectivity index (χ2v) is 13.5. The van der Waals surface area contributed by atoms with Crippen molar-refractivity contribution >= 4 is 32.8 Å². The van der Waals surface area contributed by atoms with Crippen molar-refractivity contribution in [3.05, 3.63) is 174 Å². The molecule has 0 fully saturated rings. The minimum absolute atomic E-state index is 0. The zero-order valence-corrected chi connectivity index (χ0v) is 32.7. The van der Waals surface area contributed by atoms with Gasteiger partial charge in [-0.15, -0.1) is 53.6 Å². The first-order chi connectivity index (χ1) is 25.3. The Kier molecular flexibility index (Phi) is 10.1. The molecule has 0 saturated carbocycles. The van der Waals surface area contributed by atoms with Crippen LogP contribution >= 0.6 is 0 Å². The van der Waals surface area contributed by atoms with Gasteiger partial charge in [-0.2, -0.15) is 0 Å². The van der Waals surface area contributed by atoms with E-state index >= 15 is 0 Å². The Balaban J connectivity index is 0.000000245. The third kappa shape index (κ3) is 7.32. The molecule has 0 N–H and O–H groups in total. The van der Waals surface area contributed by atoms with Crippen molar-refractivity contribution in [3.8, 4) is 44.8 Å². The molecule has 9 aromatic rings. The molecule has 4 heterocycles. The Morgan fingerprint density at radius 1 is 0.566 bits per heavy atom. The predicted molar refractivity (Wildman–Crippen MR) is 214 cm³/mol. The maximum Gasteiger partial charge on any atom is 0.216 e. The van der Waals surface area contributed by atoms with Crippen molar-refractivity contribution in [1.29, 1.82) is 0 Å². The number of nitrogens with zero attached hydrogens (tertiary/aromatic N) is 3. The summed E-state index contributed by atoms with van der Waals surface area (Å²) in [5.41, 5.74) is 15.7. The summed E-state index contributed by atoms with van der Waals surface area (Å²) >= 11 is 0. The van der Waals surface area contributed by atoms with Crippen LogP contribution in [-0.2, 0) is 20.1 Å². The molecule has 261 valence electrons. The van der Waals surface area contributed by atoms with E-state index in [1.54, 1.807) is 0 Å². The van der Waals surface area contributed by atoms with E-state index in [0.29, 0.717) is 5.71 Å². The molecule has 53 heavy (non-hydrogen) atoms. The first-order valence-corrected chi connectivity index (χ1v) is 17.5. The van der Waals surface area contributed by atoms with Crippen molar-refractivity contribution < 1.29 is 24.5 Å². The van der Waals surface area contributed by atoms with Crippen LogP contribution < -0.4 is 0 Å². The molecule has 0 bridgehead atoms. The number of hydrogen-bond donors (Lipinski definition) is 0. The van der Waals surface area contributed by atoms with Gasteiger partial charge in [0.05, 0.1) is 5.58 Å². The molecule has 0 aliphatic rings. The van der Waals surface area contributed by atoms with E-state index in [-0.39, 0.29) is 20.1 Å². The van der Waals surface area contributed by atoms with E-state index in [1.165, 1.54) is 44.2 Å². The van der Waals surface area contributed by atoms with Crippen LogP contribution in [0, 0.1) is 46.8 Å². The fraction of sp³-hybridized carbons (Fsp3) is 0.104. The Labute approximate surface area is 324 Å². The third-order valence-electron chi connectivity index (χ3n) is 9.53. The molecule has 0 saturated heterocycles. The van der Waals surface area contributed by atoms with Gasteiger partial charge in [-0.3, -0.25) is 0 Å². The normalized spacial score (nSPS) is 11.0. The molecular formula is C48H37IrN3O-2. The quantitative estimate of drug-likeness (QED) is 0.165. The van der Waals surface area contributed by atoms with E-state index in [0.717, 1.165) is 55.7 Å². The molecule has 4 nitrogen and oxygen atoms in total. The van der Waals surface area contributed by atoms with Crippen LogP contribution in [0.5, 0.6) is 0 Å². The van der Waals surface area contributed by atoms with Crippen LogP contribution in [0.3, 0.4) is 0 Å². The van der Waals surface area contributed by atoms with Gasteiger partial charge in [0, 0.05) is 43.6 Å². The monoisotopic (exact) mass is 864 g/mol. The third-order valence-corrected chi connectivity index (χ3v) is 9.53. The predicted octanol–water partition coefficient (Wildman–Crippen LogP) is 12.4. The van der Waals surface area contributed by atoms with Crippen LogP contribution in [0.2, 0.25) is 0 Å². The summed E-state index contributed by atoms with van der Waals surface area (Å²) in [7, 11) is 0. The van der Waals surface area contributed by atoms with E-state index in [2.05, 4.69) is 128 Å². The van der Waals surface area contributed by atoms with Gasteiger partial charge in [-0.05, 0) is 113 Å². The Bertz CT molecular complexity index is 2670. The maximum absolute atomic E-state index is 6.24. The van der Waals surface area contributed by atoms with Crippen LogP contribution in [0.25, 0.3) is 77.6 Å². The van der Waals surface area contributed by atoms with Gasteiger partial charge >= 0.3 is 0 Å². The molecule has 1 radical (unpaired) electrons. The second kappa shape index (κ2) is 15.1. The Morgan fingerprint density at radius 3 is 2.13 bits per heavy atom. The van der Waals surface area contributed by atoms with Crippen molar-refractivity contribution in [1.82, 2.24) is 15.0 Å². The van der Waals surface area contributed by atoms with E-state index in [9.17, 15) is 0 Å². The molecule has 0 aliphatic heterocycles. The van der Waals surface area contributed by atoms with Gasteiger partial charge in [0.2, 0.25) is 5.71 Å². The number of aryl methyl sites for hydroxylation is 5. The number of aromatic nitrogens is 3. The van der Waals surface area contributed by atoms with Gasteiger partial charge in [0.25, 0.3) is 0 Å². The van der Waals surface area contributed by atoms with Crippen molar-refractivity contribution in [2.75, 3.05) is 0 Å². The fourth-order valence-corrected chi connectivity index (χ4v) is 6.66. The molecular weight excluding hydrogens is 827 g/mol. The number of benzene rings is 5. The number of rotatable bonds is 4. The molecule has 9 rings (SSSR count). The van der Waals surface area contributed by atoms with Gasteiger partial charge in [0.1, 0.15) is 0 Å². The van der Waals surface area contributed by atoms with Gasteiger partial charge in [-0.25, -0.2) is 4.98 Å². The average Bonchev–Trinajstić information content (AvgIpc) is 3.54. The minimum atomic E-state index is 0. The molecule has 0 amide bonds. The smallest absolute Gasteiger partial charge is 0.216 e. The maximum atomic E-state index is 6.24. The van der Waals surface area contributed by atoms with Crippen molar-refractivity contribution in [3.63, 3.8) is 0 Å². The SMILES string of the molecule is Cc1c[c-]c(-c2ccc(C)cn2)cc1.Cc1ccc2c(n1)oc1c(-c3cc(-c4cc5ccc(-c6ccccc6)cc5cc4C)c(C)cn3)[c-]ccc12.[Ir]. The Morgan fingerprint density at radius 2 is 1.36 bits per heavy atom. The van der Waals surface area contributed by atoms with Gasteiger partial charge in [0.15, 0.2) is 0 Å². The summed E-state index contributed by atoms with van der Waals surface area (Å²) in [6.07, 6.45) is 3.83. The topological polar surface area (TPSA) is 51.8 Å². The molecule has 0 atom stereocenters. The van der Waals surface area contributed by atoms with Crippen LogP contribution in [0.15, 0.2) is 138 Å². The molecule has 0 aliphatic carbocycles. The largest absolute Gasteiger partial charge is 0.486 e. The summed E-state index contributed by atoms with van der Waals surface area (Å²) in [5, 5.41) is 4.49. The zero-order chi connectivity index (χ0) is 35.8. The van der Waals surface area contributed by atoms with Crippen molar-refractivity contribution in [2.24, 2.45) is 0 Å². The van der Waals surface area contributed by atoms with E-state index < -0.39 is 0 Å². The standard InChI is InChI=1S/C35H25N2O.C13H12N.Ir/c1-21-16-27-17-25(24-8-5-4-6-9-24)13-14-26(27)18-31(21)32-19-33(36-20-22(32)2)30-11-7-10-28-29-15-12-23(3)37-35(29)38-34(28)30;1-10-3-6-12(7-4-10)13-8-5-11(2)9-14-13;/h4-10,12-20H,1-3H3;3-6,8-9H,1-2H3;/q2*-1;. The van der Waals surface area contributed by atoms with Crippen LogP contribution in [-0.4, -0.2) is 15.0 Å². The Hall–Kier alpha value is -5.74. The molecule has 0 unspecified atom stereocenters. The first-order valence-electron chi connectivity index (χ1n) is 17.5. The number of furan rings is 1. The summed E-state index contributed by atoms with van der Waals surface area (Å²) in [6.45, 7) is 10.4. The second-order valence-electron chi connectivity index (χ2n) is 13.5.